The number of rotatable bonds is 7. The highest BCUT2D eigenvalue weighted by atomic mass is 35.5. The van der Waals surface area contributed by atoms with Crippen LogP contribution in [0.5, 0.6) is 5.75 Å². The molecule has 0 bridgehead atoms. The van der Waals surface area contributed by atoms with Crippen LogP contribution in [0.3, 0.4) is 0 Å². The average molecular weight is 490 g/mol. The van der Waals surface area contributed by atoms with Gasteiger partial charge < -0.3 is 10.1 Å². The van der Waals surface area contributed by atoms with Crippen molar-refractivity contribution in [2.75, 3.05) is 5.32 Å². The number of halogens is 5. The van der Waals surface area contributed by atoms with Crippen molar-refractivity contribution in [3.8, 4) is 5.75 Å². The van der Waals surface area contributed by atoms with Crippen molar-refractivity contribution in [3.05, 3.63) is 112 Å². The summed E-state index contributed by atoms with van der Waals surface area (Å²) in [6.07, 6.45) is 1.31. The van der Waals surface area contributed by atoms with E-state index >= 15 is 0 Å². The van der Waals surface area contributed by atoms with Gasteiger partial charge >= 0.3 is 0 Å². The number of nitrogens with one attached hydrogen (secondary N) is 1. The molecule has 0 atom stereocenters. The van der Waals surface area contributed by atoms with Gasteiger partial charge in [0.1, 0.15) is 12.4 Å². The normalized spacial score (nSPS) is 10.9. The minimum atomic E-state index is -1.51. The zero-order valence-electron chi connectivity index (χ0n) is 17.4. The van der Waals surface area contributed by atoms with Gasteiger partial charge in [0.2, 0.25) is 0 Å². The minimum Gasteiger partial charge on any atom is -0.489 e. The van der Waals surface area contributed by atoms with Crippen LogP contribution in [0.25, 0.3) is 0 Å². The molecule has 0 radical (unpaired) electrons. The highest BCUT2D eigenvalue weighted by Gasteiger charge is 2.20. The van der Waals surface area contributed by atoms with Crippen LogP contribution in [0.1, 0.15) is 21.5 Å². The average Bonchev–Trinajstić information content (AvgIpc) is 3.27. The first-order valence-electron chi connectivity index (χ1n) is 9.94. The predicted octanol–water partition coefficient (Wildman–Crippen LogP) is 5.97. The Bertz CT molecular complexity index is 1320. The van der Waals surface area contributed by atoms with Gasteiger partial charge in [0, 0.05) is 28.9 Å². The fourth-order valence-corrected chi connectivity index (χ4v) is 3.25. The summed E-state index contributed by atoms with van der Waals surface area (Å²) in [6.45, 7) is -0.349. The standard InChI is InChI=1S/C24H16ClF4N3O2/c25-16-4-6-17(7-5-16)34-13-14-2-1-3-15(10-14)24(33)30-21-8-9-32(31-21)12-18-22(28)19(26)11-20(27)23(18)29/h1-11H,12-13H2,(H,30,31,33). The lowest BCUT2D eigenvalue weighted by atomic mass is 10.1. The van der Waals surface area contributed by atoms with E-state index in [0.29, 0.717) is 16.3 Å². The highest BCUT2D eigenvalue weighted by molar-refractivity contribution is 6.30. The van der Waals surface area contributed by atoms with E-state index in [-0.39, 0.29) is 18.5 Å². The molecule has 3 aromatic carbocycles. The van der Waals surface area contributed by atoms with Crippen molar-refractivity contribution in [3.63, 3.8) is 0 Å². The van der Waals surface area contributed by atoms with Crippen molar-refractivity contribution in [1.29, 1.82) is 0 Å². The van der Waals surface area contributed by atoms with Crippen LogP contribution in [0, 0.1) is 23.3 Å². The lowest BCUT2D eigenvalue weighted by molar-refractivity contribution is 0.102. The van der Waals surface area contributed by atoms with Crippen LogP contribution in [-0.2, 0) is 13.2 Å². The van der Waals surface area contributed by atoms with E-state index in [1.54, 1.807) is 48.5 Å². The Labute approximate surface area is 196 Å². The van der Waals surface area contributed by atoms with Gasteiger partial charge in [-0.3, -0.25) is 9.48 Å². The number of carbonyl (C=O) groups excluding carboxylic acids is 1. The smallest absolute Gasteiger partial charge is 0.256 e. The van der Waals surface area contributed by atoms with Crippen molar-refractivity contribution in [2.24, 2.45) is 0 Å². The zero-order valence-corrected chi connectivity index (χ0v) is 18.1. The summed E-state index contributed by atoms with van der Waals surface area (Å²) in [5.74, 6) is -5.78. The summed E-state index contributed by atoms with van der Waals surface area (Å²) < 4.78 is 61.3. The summed E-state index contributed by atoms with van der Waals surface area (Å²) in [4.78, 5) is 12.6. The molecule has 1 N–H and O–H groups in total. The molecule has 0 fully saturated rings. The minimum absolute atomic E-state index is 0.0884. The number of hydrogen-bond donors (Lipinski definition) is 1. The van der Waals surface area contributed by atoms with Crippen molar-refractivity contribution in [2.45, 2.75) is 13.2 Å². The number of anilines is 1. The Balaban J connectivity index is 1.41. The van der Waals surface area contributed by atoms with Crippen LogP contribution in [-0.4, -0.2) is 15.7 Å². The van der Waals surface area contributed by atoms with Crippen LogP contribution in [0.4, 0.5) is 23.4 Å². The second-order valence-electron chi connectivity index (χ2n) is 7.24. The first kappa shape index (κ1) is 23.3. The molecule has 0 aliphatic rings. The maximum Gasteiger partial charge on any atom is 0.256 e. The summed E-state index contributed by atoms with van der Waals surface area (Å²) in [5, 5.41) is 7.14. The number of amides is 1. The third-order valence-corrected chi connectivity index (χ3v) is 5.07. The topological polar surface area (TPSA) is 56.2 Å². The van der Waals surface area contributed by atoms with Crippen LogP contribution in [0.2, 0.25) is 5.02 Å². The predicted molar refractivity (Wildman–Crippen MR) is 118 cm³/mol. The molecule has 0 saturated carbocycles. The van der Waals surface area contributed by atoms with Gasteiger partial charge in [-0.25, -0.2) is 17.6 Å². The van der Waals surface area contributed by atoms with Gasteiger partial charge in [0.05, 0.1) is 12.1 Å². The van der Waals surface area contributed by atoms with Crippen molar-refractivity contribution in [1.82, 2.24) is 9.78 Å². The van der Waals surface area contributed by atoms with Crippen LogP contribution >= 0.6 is 11.6 Å². The Morgan fingerprint density at radius 2 is 1.68 bits per heavy atom. The third kappa shape index (κ3) is 5.37. The molecule has 10 heteroatoms. The largest absolute Gasteiger partial charge is 0.489 e. The Hall–Kier alpha value is -3.85. The molecule has 0 saturated heterocycles. The second kappa shape index (κ2) is 9.96. The molecule has 0 unspecified atom stereocenters. The van der Waals surface area contributed by atoms with E-state index in [1.807, 2.05) is 0 Å². The fraction of sp³-hybridized carbons (Fsp3) is 0.0833. The SMILES string of the molecule is O=C(Nc1ccn(Cc2c(F)c(F)cc(F)c2F)n1)c1cccc(COc2ccc(Cl)cc2)c1. The quantitative estimate of drug-likeness (QED) is 0.257. The number of carbonyl (C=O) groups is 1. The van der Waals surface area contributed by atoms with Gasteiger partial charge in [-0.2, -0.15) is 5.10 Å². The molecule has 5 nitrogen and oxygen atoms in total. The van der Waals surface area contributed by atoms with Gasteiger partial charge in [-0.15, -0.1) is 0 Å². The molecular formula is C24H16ClF4N3O2. The number of nitrogens with zero attached hydrogens (tertiary/aromatic N) is 2. The molecule has 1 amide bonds. The molecular weight excluding hydrogens is 474 g/mol. The van der Waals surface area contributed by atoms with E-state index in [2.05, 4.69) is 10.4 Å². The lowest BCUT2D eigenvalue weighted by Gasteiger charge is -2.08. The Morgan fingerprint density at radius 1 is 0.971 bits per heavy atom. The molecule has 1 aromatic heterocycles. The monoisotopic (exact) mass is 489 g/mol. The zero-order chi connectivity index (χ0) is 24.2. The molecule has 4 aromatic rings. The Kier molecular flexibility index (Phi) is 6.83. The molecule has 0 aliphatic heterocycles. The summed E-state index contributed by atoms with van der Waals surface area (Å²) in [6, 6.07) is 15.1. The summed E-state index contributed by atoms with van der Waals surface area (Å²) in [7, 11) is 0. The van der Waals surface area contributed by atoms with Gasteiger partial charge in [-0.05, 0) is 42.0 Å². The van der Waals surface area contributed by atoms with E-state index in [0.717, 1.165) is 10.2 Å². The van der Waals surface area contributed by atoms with Crippen molar-refractivity contribution >= 4 is 23.3 Å². The van der Waals surface area contributed by atoms with Crippen molar-refractivity contribution < 1.29 is 27.1 Å². The molecule has 0 aliphatic carbocycles. The molecule has 4 rings (SSSR count). The molecule has 0 spiro atoms. The maximum atomic E-state index is 13.9. The van der Waals surface area contributed by atoms with Gasteiger partial charge in [-0.1, -0.05) is 23.7 Å². The molecule has 34 heavy (non-hydrogen) atoms. The van der Waals surface area contributed by atoms with Crippen LogP contribution in [0.15, 0.2) is 66.9 Å². The molecule has 174 valence electrons. The fourth-order valence-electron chi connectivity index (χ4n) is 3.13. The number of benzene rings is 3. The number of aromatic nitrogens is 2. The van der Waals surface area contributed by atoms with Gasteiger partial charge in [0.25, 0.3) is 5.91 Å². The maximum absolute atomic E-state index is 13.9. The van der Waals surface area contributed by atoms with E-state index in [4.69, 9.17) is 16.3 Å². The third-order valence-electron chi connectivity index (χ3n) is 4.81. The van der Waals surface area contributed by atoms with E-state index < -0.39 is 41.3 Å². The van der Waals surface area contributed by atoms with E-state index in [1.165, 1.54) is 12.3 Å². The number of hydrogen-bond acceptors (Lipinski definition) is 3. The van der Waals surface area contributed by atoms with Crippen LogP contribution < -0.4 is 10.1 Å². The second-order valence-corrected chi connectivity index (χ2v) is 7.68. The highest BCUT2D eigenvalue weighted by Crippen LogP contribution is 2.21. The first-order chi connectivity index (χ1) is 16.3. The lowest BCUT2D eigenvalue weighted by Crippen LogP contribution is -2.14. The summed E-state index contributed by atoms with van der Waals surface area (Å²) >= 11 is 5.85. The number of ether oxygens (including phenoxy) is 1. The van der Waals surface area contributed by atoms with Gasteiger partial charge in [0.15, 0.2) is 29.1 Å². The first-order valence-corrected chi connectivity index (χ1v) is 10.3. The summed E-state index contributed by atoms with van der Waals surface area (Å²) in [5.41, 5.74) is 0.259. The van der Waals surface area contributed by atoms with E-state index in [9.17, 15) is 22.4 Å². The Morgan fingerprint density at radius 3 is 2.38 bits per heavy atom. The molecule has 1 heterocycles.